The Morgan fingerprint density at radius 1 is 1.35 bits per heavy atom. The van der Waals surface area contributed by atoms with Crippen LogP contribution in [-0.2, 0) is 11.2 Å². The van der Waals surface area contributed by atoms with Crippen LogP contribution in [0.25, 0.3) is 0 Å². The monoisotopic (exact) mass is 330 g/mol. The minimum absolute atomic E-state index is 0.145. The number of carbonyl (C=O) groups excluding carboxylic acids is 1. The molecule has 0 spiro atoms. The third-order valence-electron chi connectivity index (χ3n) is 3.34. The first kappa shape index (κ1) is 15.6. The molecular formula is C17H18N2O3S. The Bertz CT molecular complexity index is 776. The molecule has 23 heavy (non-hydrogen) atoms. The van der Waals surface area contributed by atoms with E-state index >= 15 is 0 Å². The topological polar surface area (TPSA) is 60.5 Å². The average molecular weight is 330 g/mol. The average Bonchev–Trinajstić information content (AvgIpc) is 3.04. The third-order valence-corrected chi connectivity index (χ3v) is 4.42. The number of nitrogens with one attached hydrogen (secondary N) is 1. The Hall–Kier alpha value is -2.34. The smallest absolute Gasteiger partial charge is 0.250 e. The molecule has 0 radical (unpaired) electrons. The van der Waals surface area contributed by atoms with Crippen molar-refractivity contribution in [2.45, 2.75) is 27.2 Å². The summed E-state index contributed by atoms with van der Waals surface area (Å²) in [4.78, 5) is 17.3. The lowest BCUT2D eigenvalue weighted by Gasteiger charge is -2.02. The van der Waals surface area contributed by atoms with E-state index in [4.69, 9.17) is 9.47 Å². The van der Waals surface area contributed by atoms with Gasteiger partial charge in [-0.2, -0.15) is 0 Å². The number of hydrogen-bond acceptors (Lipinski definition) is 5. The molecule has 1 aromatic heterocycles. The lowest BCUT2D eigenvalue weighted by atomic mass is 10.1. The third kappa shape index (κ3) is 3.71. The highest BCUT2D eigenvalue weighted by molar-refractivity contribution is 7.15. The number of ether oxygens (including phenoxy) is 2. The summed E-state index contributed by atoms with van der Waals surface area (Å²) in [5.41, 5.74) is 3.01. The van der Waals surface area contributed by atoms with Gasteiger partial charge in [-0.1, -0.05) is 11.6 Å². The van der Waals surface area contributed by atoms with E-state index in [0.29, 0.717) is 5.13 Å². The molecule has 0 saturated carbocycles. The quantitative estimate of drug-likeness (QED) is 0.869. The maximum atomic E-state index is 11.8. The number of rotatable bonds is 4. The fraction of sp³-hybridized carbons (Fsp3) is 0.294. The zero-order valence-corrected chi connectivity index (χ0v) is 14.1. The Balaban J connectivity index is 1.74. The molecule has 1 amide bonds. The molecule has 5 nitrogen and oxygen atoms in total. The highest BCUT2D eigenvalue weighted by atomic mass is 32.1. The molecule has 0 unspecified atom stereocenters. The highest BCUT2D eigenvalue weighted by Gasteiger charge is 2.15. The lowest BCUT2D eigenvalue weighted by molar-refractivity contribution is -0.111. The molecule has 0 saturated heterocycles. The minimum Gasteiger partial charge on any atom is -0.454 e. The molecule has 1 aliphatic rings. The fourth-order valence-electron chi connectivity index (χ4n) is 2.29. The van der Waals surface area contributed by atoms with Crippen LogP contribution in [-0.4, -0.2) is 17.7 Å². The summed E-state index contributed by atoms with van der Waals surface area (Å²) in [7, 11) is 0. The molecule has 1 N–H and O–H groups in total. The standard InChI is InChI=1S/C17H18N2O3S/c1-10(2)6-16(20)19-17-18-11(3)15(23-17)8-12-4-5-13-14(7-12)22-9-21-13/h4-7H,8-9H2,1-3H3,(H,18,19,20). The zero-order valence-electron chi connectivity index (χ0n) is 13.3. The van der Waals surface area contributed by atoms with E-state index in [-0.39, 0.29) is 12.7 Å². The highest BCUT2D eigenvalue weighted by Crippen LogP contribution is 2.34. The van der Waals surface area contributed by atoms with Gasteiger partial charge in [-0.3, -0.25) is 10.1 Å². The zero-order chi connectivity index (χ0) is 16.4. The lowest BCUT2D eigenvalue weighted by Crippen LogP contribution is -2.07. The number of nitrogens with zero attached hydrogens (tertiary/aromatic N) is 1. The molecule has 2 aromatic rings. The largest absolute Gasteiger partial charge is 0.454 e. The summed E-state index contributed by atoms with van der Waals surface area (Å²) in [5, 5.41) is 3.44. The molecule has 0 fully saturated rings. The maximum Gasteiger partial charge on any atom is 0.250 e. The molecule has 3 rings (SSSR count). The summed E-state index contributed by atoms with van der Waals surface area (Å²) < 4.78 is 10.7. The van der Waals surface area contributed by atoms with Crippen molar-refractivity contribution in [1.29, 1.82) is 0 Å². The van der Waals surface area contributed by atoms with E-state index in [1.807, 2.05) is 39.0 Å². The van der Waals surface area contributed by atoms with Gasteiger partial charge in [-0.15, -0.1) is 11.3 Å². The maximum absolute atomic E-state index is 11.8. The number of hydrogen-bond donors (Lipinski definition) is 1. The van der Waals surface area contributed by atoms with Gasteiger partial charge in [0.2, 0.25) is 12.7 Å². The predicted octanol–water partition coefficient (Wildman–Crippen LogP) is 3.68. The second-order valence-corrected chi connectivity index (χ2v) is 6.69. The van der Waals surface area contributed by atoms with Crippen LogP contribution in [0.1, 0.15) is 30.0 Å². The first-order valence-corrected chi connectivity index (χ1v) is 8.13. The number of fused-ring (bicyclic) bond motifs is 1. The second kappa shape index (κ2) is 6.42. The van der Waals surface area contributed by atoms with E-state index in [2.05, 4.69) is 10.3 Å². The van der Waals surface area contributed by atoms with Crippen molar-refractivity contribution < 1.29 is 14.3 Å². The van der Waals surface area contributed by atoms with Gasteiger partial charge in [0.05, 0.1) is 5.69 Å². The molecular weight excluding hydrogens is 312 g/mol. The van der Waals surface area contributed by atoms with E-state index < -0.39 is 0 Å². The first-order valence-electron chi connectivity index (χ1n) is 7.32. The van der Waals surface area contributed by atoms with Crippen molar-refractivity contribution in [3.05, 3.63) is 46.0 Å². The van der Waals surface area contributed by atoms with Gasteiger partial charge >= 0.3 is 0 Å². The number of benzene rings is 1. The van der Waals surface area contributed by atoms with Gasteiger partial charge in [-0.25, -0.2) is 4.98 Å². The Morgan fingerprint density at radius 3 is 2.91 bits per heavy atom. The molecule has 0 bridgehead atoms. The molecule has 0 atom stereocenters. The SMILES string of the molecule is CC(C)=CC(=O)Nc1nc(C)c(Cc2ccc3c(c2)OCO3)s1. The summed E-state index contributed by atoms with van der Waals surface area (Å²) >= 11 is 1.50. The van der Waals surface area contributed by atoms with E-state index in [1.165, 1.54) is 11.3 Å². The number of aromatic nitrogens is 1. The number of amides is 1. The summed E-state index contributed by atoms with van der Waals surface area (Å²) in [6, 6.07) is 5.93. The van der Waals surface area contributed by atoms with Crippen molar-refractivity contribution in [3.63, 3.8) is 0 Å². The van der Waals surface area contributed by atoms with Gasteiger partial charge in [0.25, 0.3) is 0 Å². The molecule has 1 aliphatic heterocycles. The Morgan fingerprint density at radius 2 is 2.13 bits per heavy atom. The van der Waals surface area contributed by atoms with Crippen LogP contribution in [0.4, 0.5) is 5.13 Å². The summed E-state index contributed by atoms with van der Waals surface area (Å²) in [6.45, 7) is 6.00. The van der Waals surface area contributed by atoms with E-state index in [1.54, 1.807) is 6.08 Å². The van der Waals surface area contributed by atoms with Crippen LogP contribution in [0.3, 0.4) is 0 Å². The van der Waals surface area contributed by atoms with Crippen LogP contribution >= 0.6 is 11.3 Å². The molecule has 1 aromatic carbocycles. The van der Waals surface area contributed by atoms with Crippen LogP contribution in [0, 0.1) is 6.92 Å². The molecule has 0 aliphatic carbocycles. The van der Waals surface area contributed by atoms with Crippen molar-refractivity contribution >= 4 is 22.4 Å². The summed E-state index contributed by atoms with van der Waals surface area (Å²) in [6.07, 6.45) is 2.31. The Kier molecular flexibility index (Phi) is 4.34. The van der Waals surface area contributed by atoms with Gasteiger partial charge in [0.1, 0.15) is 0 Å². The predicted molar refractivity (Wildman–Crippen MR) is 90.3 cm³/mol. The fourth-order valence-corrected chi connectivity index (χ4v) is 3.29. The first-order chi connectivity index (χ1) is 11.0. The van der Waals surface area contributed by atoms with Gasteiger partial charge < -0.3 is 9.47 Å². The number of allylic oxidation sites excluding steroid dienone is 1. The van der Waals surface area contributed by atoms with Crippen molar-refractivity contribution in [2.24, 2.45) is 0 Å². The van der Waals surface area contributed by atoms with Gasteiger partial charge in [-0.05, 0) is 38.5 Å². The molecule has 6 heteroatoms. The van der Waals surface area contributed by atoms with Gasteiger partial charge in [0, 0.05) is 17.4 Å². The Labute approximate surface area is 139 Å². The van der Waals surface area contributed by atoms with Crippen LogP contribution in [0.2, 0.25) is 0 Å². The molecule has 2 heterocycles. The van der Waals surface area contributed by atoms with Crippen molar-refractivity contribution in [3.8, 4) is 11.5 Å². The van der Waals surface area contributed by atoms with Crippen molar-refractivity contribution in [1.82, 2.24) is 4.98 Å². The minimum atomic E-state index is -0.145. The van der Waals surface area contributed by atoms with Crippen molar-refractivity contribution in [2.75, 3.05) is 12.1 Å². The van der Waals surface area contributed by atoms with E-state index in [0.717, 1.165) is 39.6 Å². The number of aryl methyl sites for hydroxylation is 1. The van der Waals surface area contributed by atoms with Crippen LogP contribution in [0.5, 0.6) is 11.5 Å². The normalized spacial score (nSPS) is 12.1. The second-order valence-electron chi connectivity index (χ2n) is 5.60. The van der Waals surface area contributed by atoms with Gasteiger partial charge in [0.15, 0.2) is 16.6 Å². The summed E-state index contributed by atoms with van der Waals surface area (Å²) in [5.74, 6) is 1.42. The van der Waals surface area contributed by atoms with Crippen LogP contribution in [0.15, 0.2) is 29.8 Å². The number of carbonyl (C=O) groups is 1. The number of thiazole rings is 1. The van der Waals surface area contributed by atoms with E-state index in [9.17, 15) is 4.79 Å². The molecule has 120 valence electrons. The van der Waals surface area contributed by atoms with Crippen LogP contribution < -0.4 is 14.8 Å². The number of anilines is 1.